The first-order chi connectivity index (χ1) is 24.5. The first-order valence-electron chi connectivity index (χ1n) is 19.4. The van der Waals surface area contributed by atoms with Crippen molar-refractivity contribution in [2.24, 2.45) is 11.8 Å². The Labute approximate surface area is 336 Å². The fourth-order valence-corrected chi connectivity index (χ4v) is 9.31. The topological polar surface area (TPSA) is 59.4 Å². The van der Waals surface area contributed by atoms with Crippen LogP contribution in [0, 0.1) is 17.9 Å². The molecule has 2 heterocycles. The van der Waals surface area contributed by atoms with Crippen LogP contribution in [0.5, 0.6) is 5.75 Å². The number of methoxy groups -OCH3 is 1. The third-order valence-corrected chi connectivity index (χ3v) is 12.7. The summed E-state index contributed by atoms with van der Waals surface area (Å²) in [5.74, 6) is 1.60. The van der Waals surface area contributed by atoms with Gasteiger partial charge < -0.3 is 9.84 Å². The third-order valence-electron chi connectivity index (χ3n) is 11.5. The number of aliphatic hydroxyl groups excluding tert-OH is 1. The number of pyridine rings is 1. The van der Waals surface area contributed by atoms with Crippen LogP contribution in [0.4, 0.5) is 0 Å². The van der Waals surface area contributed by atoms with Crippen molar-refractivity contribution in [2.75, 3.05) is 7.11 Å². The number of thiophene rings is 1. The van der Waals surface area contributed by atoms with Crippen molar-refractivity contribution in [3.8, 4) is 17.0 Å². The molecule has 5 aromatic rings. The number of carbonyl (C=O) groups is 1. The summed E-state index contributed by atoms with van der Waals surface area (Å²) < 4.78 is 8.76. The van der Waals surface area contributed by atoms with E-state index in [1.807, 2.05) is 52.3 Å². The Morgan fingerprint density at radius 3 is 2.17 bits per heavy atom. The van der Waals surface area contributed by atoms with Gasteiger partial charge in [-0.05, 0) is 72.5 Å². The zero-order valence-corrected chi connectivity index (χ0v) is 37.3. The van der Waals surface area contributed by atoms with Gasteiger partial charge in [0.2, 0.25) is 0 Å². The zero-order chi connectivity index (χ0) is 38.2. The predicted molar refractivity (Wildman–Crippen MR) is 223 cm³/mol. The maximum atomic E-state index is 11.7. The van der Waals surface area contributed by atoms with Gasteiger partial charge in [0.25, 0.3) is 0 Å². The number of nitrogens with zero attached hydrogens (tertiary/aromatic N) is 1. The molecule has 3 aromatic carbocycles. The third kappa shape index (κ3) is 8.46. The fraction of sp³-hybridized carbons (Fsp3) is 0.489. The van der Waals surface area contributed by atoms with Crippen LogP contribution in [-0.2, 0) is 41.1 Å². The number of fused-ring (bicyclic) bond motifs is 5. The summed E-state index contributed by atoms with van der Waals surface area (Å²) >= 11 is 1.84. The Balaban J connectivity index is 0.000000335. The molecule has 1 N–H and O–H groups in total. The molecule has 287 valence electrons. The van der Waals surface area contributed by atoms with Crippen LogP contribution in [0.15, 0.2) is 60.5 Å². The summed E-state index contributed by atoms with van der Waals surface area (Å²) in [6.07, 6.45) is 9.20. The minimum atomic E-state index is 0. The first-order valence-corrected chi connectivity index (χ1v) is 20.2. The molecular formula is C47H60IrNO3S-. The molecule has 6 rings (SSSR count). The van der Waals surface area contributed by atoms with E-state index >= 15 is 0 Å². The summed E-state index contributed by atoms with van der Waals surface area (Å²) in [4.78, 5) is 16.7. The summed E-state index contributed by atoms with van der Waals surface area (Å²) in [6, 6.07) is 19.2. The van der Waals surface area contributed by atoms with Crippen LogP contribution in [0.2, 0.25) is 0 Å². The van der Waals surface area contributed by atoms with Crippen molar-refractivity contribution >= 4 is 48.1 Å². The number of ether oxygens (including phenoxy) is 1. The molecule has 0 bridgehead atoms. The van der Waals surface area contributed by atoms with E-state index < -0.39 is 0 Å². The number of rotatable bonds is 9. The summed E-state index contributed by atoms with van der Waals surface area (Å²) in [7, 11) is 1.84. The molecule has 0 saturated carbocycles. The van der Waals surface area contributed by atoms with Gasteiger partial charge >= 0.3 is 0 Å². The van der Waals surface area contributed by atoms with Gasteiger partial charge in [-0.3, -0.25) is 9.78 Å². The summed E-state index contributed by atoms with van der Waals surface area (Å²) in [5, 5.41) is 14.6. The number of carbonyl (C=O) groups excluding carboxylic acids is 1. The van der Waals surface area contributed by atoms with Crippen LogP contribution in [-0.4, -0.2) is 23.0 Å². The predicted octanol–water partition coefficient (Wildman–Crippen LogP) is 13.6. The summed E-state index contributed by atoms with van der Waals surface area (Å²) in [6.45, 7) is 24.4. The quantitative estimate of drug-likeness (QED) is 0.0909. The number of allylic oxidation sites excluding steroid dienone is 2. The standard InChI is InChI=1S/C34H36NOS.C13H24O2.Ir/c1-32(2,3)24-18-21(17-20-11-9-10-12-22(20)24)29-31-23(13-16-35-29)27-26(37-31)19-25-28(30(27)36-8)34(6,7)15-14-33(25,4)5;1-5-10(6-2)12(14)9-13(15)11(7-3)8-4;/h9-13,16,18-19H,14-15H2,1-8H3;9-11,14H,5-8H2,1-4H3;/q-1;;/b;12-9-;. The van der Waals surface area contributed by atoms with Gasteiger partial charge in [-0.1, -0.05) is 105 Å². The molecule has 0 amide bonds. The molecular weight excluding hydrogens is 851 g/mol. The van der Waals surface area contributed by atoms with E-state index in [1.165, 1.54) is 54.7 Å². The minimum Gasteiger partial charge on any atom is -0.512 e. The van der Waals surface area contributed by atoms with Gasteiger partial charge in [-0.25, -0.2) is 0 Å². The maximum Gasteiger partial charge on any atom is 0.162 e. The number of benzene rings is 3. The van der Waals surface area contributed by atoms with Crippen LogP contribution in [0.25, 0.3) is 42.2 Å². The van der Waals surface area contributed by atoms with E-state index in [0.717, 1.165) is 54.5 Å². The largest absolute Gasteiger partial charge is 0.512 e. The molecule has 1 aliphatic rings. The number of aromatic nitrogens is 1. The van der Waals surface area contributed by atoms with Gasteiger partial charge in [-0.15, -0.1) is 40.5 Å². The van der Waals surface area contributed by atoms with Crippen molar-refractivity contribution in [2.45, 2.75) is 131 Å². The molecule has 1 radical (unpaired) electrons. The van der Waals surface area contributed by atoms with E-state index in [2.05, 4.69) is 97.0 Å². The van der Waals surface area contributed by atoms with E-state index in [-0.39, 0.29) is 59.7 Å². The maximum absolute atomic E-state index is 11.7. The molecule has 0 fully saturated rings. The first kappa shape index (κ1) is 42.7. The van der Waals surface area contributed by atoms with Crippen LogP contribution < -0.4 is 4.74 Å². The molecule has 0 spiro atoms. The zero-order valence-electron chi connectivity index (χ0n) is 34.0. The number of hydrogen-bond donors (Lipinski definition) is 1. The Morgan fingerprint density at radius 2 is 1.57 bits per heavy atom. The Hall–Kier alpha value is -3.05. The minimum absolute atomic E-state index is 0. The van der Waals surface area contributed by atoms with Gasteiger partial charge in [0.05, 0.1) is 12.9 Å². The number of ketones is 1. The molecule has 2 aromatic heterocycles. The second-order valence-electron chi connectivity index (χ2n) is 17.0. The molecule has 4 nitrogen and oxygen atoms in total. The molecule has 0 saturated heterocycles. The van der Waals surface area contributed by atoms with Gasteiger partial charge in [0.1, 0.15) is 5.75 Å². The van der Waals surface area contributed by atoms with Crippen molar-refractivity contribution in [1.82, 2.24) is 4.98 Å². The monoisotopic (exact) mass is 911 g/mol. The van der Waals surface area contributed by atoms with E-state index in [1.54, 1.807) is 0 Å². The second-order valence-corrected chi connectivity index (χ2v) is 18.1. The van der Waals surface area contributed by atoms with Crippen molar-refractivity contribution in [3.63, 3.8) is 0 Å². The van der Waals surface area contributed by atoms with Crippen LogP contribution in [0.1, 0.15) is 131 Å². The molecule has 0 aliphatic heterocycles. The average molecular weight is 911 g/mol. The van der Waals surface area contributed by atoms with E-state index in [4.69, 9.17) is 9.72 Å². The van der Waals surface area contributed by atoms with E-state index in [0.29, 0.717) is 0 Å². The number of hydrogen-bond acceptors (Lipinski definition) is 5. The molecule has 0 atom stereocenters. The van der Waals surface area contributed by atoms with Gasteiger partial charge in [0, 0.05) is 75.6 Å². The van der Waals surface area contributed by atoms with Gasteiger partial charge in [0.15, 0.2) is 5.78 Å². The van der Waals surface area contributed by atoms with Gasteiger partial charge in [-0.2, -0.15) is 0 Å². The summed E-state index contributed by atoms with van der Waals surface area (Å²) in [5.41, 5.74) is 6.41. The Bertz CT molecular complexity index is 2110. The Morgan fingerprint density at radius 1 is 0.943 bits per heavy atom. The SMILES string of the molecule is CCC(CC)C(=O)/C=C(\O)C(CC)CC.COc1c2c(cc3sc4c(-c5[c-]c6ccccc6c(C(C)(C)C)c5)nccc4c13)C(C)(C)CCC2(C)C.[Ir]. The van der Waals surface area contributed by atoms with Crippen LogP contribution >= 0.6 is 11.3 Å². The number of aliphatic hydroxyl groups is 1. The smallest absolute Gasteiger partial charge is 0.162 e. The normalized spacial score (nSPS) is 15.3. The second kappa shape index (κ2) is 16.8. The molecule has 1 aliphatic carbocycles. The van der Waals surface area contributed by atoms with Crippen molar-refractivity contribution < 1.29 is 34.7 Å². The molecule has 53 heavy (non-hydrogen) atoms. The van der Waals surface area contributed by atoms with Crippen molar-refractivity contribution in [3.05, 3.63) is 83.3 Å². The molecule has 6 heteroatoms. The van der Waals surface area contributed by atoms with Crippen molar-refractivity contribution in [1.29, 1.82) is 0 Å². The van der Waals surface area contributed by atoms with E-state index in [9.17, 15) is 9.90 Å². The fourth-order valence-electron chi connectivity index (χ4n) is 8.07. The molecule has 0 unspecified atom stereocenters. The Kier molecular flexibility index (Phi) is 13.5. The average Bonchev–Trinajstić information content (AvgIpc) is 3.49. The van der Waals surface area contributed by atoms with Crippen LogP contribution in [0.3, 0.4) is 0 Å².